The molecule has 4 heteroatoms. The molecule has 1 unspecified atom stereocenters. The molecule has 0 amide bonds. The van der Waals surface area contributed by atoms with Gasteiger partial charge in [0.1, 0.15) is 0 Å². The van der Waals surface area contributed by atoms with Crippen molar-refractivity contribution in [3.05, 3.63) is 0 Å². The van der Waals surface area contributed by atoms with E-state index in [2.05, 4.69) is 4.90 Å². The van der Waals surface area contributed by atoms with Crippen LogP contribution in [-0.2, 0) is 9.53 Å². The van der Waals surface area contributed by atoms with E-state index in [1.807, 2.05) is 0 Å². The molecule has 1 saturated heterocycles. The van der Waals surface area contributed by atoms with Crippen molar-refractivity contribution in [2.24, 2.45) is 5.41 Å². The molecule has 1 fully saturated rings. The molecule has 0 aromatic rings. The highest BCUT2D eigenvalue weighted by Gasteiger charge is 2.32. The van der Waals surface area contributed by atoms with Crippen molar-refractivity contribution >= 4 is 5.97 Å². The van der Waals surface area contributed by atoms with Crippen molar-refractivity contribution in [2.45, 2.75) is 26.4 Å². The SMILES string of the molecule is COC1CCN(CC(C)(C)C(=O)O)C1. The van der Waals surface area contributed by atoms with Gasteiger partial charge in [-0.3, -0.25) is 9.69 Å². The molecule has 1 N–H and O–H groups in total. The topological polar surface area (TPSA) is 49.8 Å². The third-order valence-corrected chi connectivity index (χ3v) is 2.76. The smallest absolute Gasteiger partial charge is 0.310 e. The van der Waals surface area contributed by atoms with Crippen molar-refractivity contribution in [3.63, 3.8) is 0 Å². The Balaban J connectivity index is 2.42. The fourth-order valence-corrected chi connectivity index (χ4v) is 1.76. The fourth-order valence-electron chi connectivity index (χ4n) is 1.76. The number of hydrogen-bond donors (Lipinski definition) is 1. The van der Waals surface area contributed by atoms with Crippen LogP contribution in [0.2, 0.25) is 0 Å². The average Bonchev–Trinajstić information content (AvgIpc) is 2.51. The van der Waals surface area contributed by atoms with Crippen molar-refractivity contribution in [3.8, 4) is 0 Å². The maximum absolute atomic E-state index is 10.9. The van der Waals surface area contributed by atoms with Crippen molar-refractivity contribution in [1.29, 1.82) is 0 Å². The molecule has 0 bridgehead atoms. The van der Waals surface area contributed by atoms with E-state index in [4.69, 9.17) is 9.84 Å². The molecule has 82 valence electrons. The second kappa shape index (κ2) is 4.28. The first-order chi connectivity index (χ1) is 6.45. The van der Waals surface area contributed by atoms with Crippen LogP contribution in [0.25, 0.3) is 0 Å². The minimum Gasteiger partial charge on any atom is -0.481 e. The zero-order chi connectivity index (χ0) is 10.8. The van der Waals surface area contributed by atoms with E-state index in [0.29, 0.717) is 6.54 Å². The highest BCUT2D eigenvalue weighted by molar-refractivity contribution is 5.73. The van der Waals surface area contributed by atoms with Crippen LogP contribution >= 0.6 is 0 Å². The molecule has 1 atom stereocenters. The minimum atomic E-state index is -0.738. The quantitative estimate of drug-likeness (QED) is 0.731. The number of ether oxygens (including phenoxy) is 1. The van der Waals surface area contributed by atoms with Gasteiger partial charge in [-0.1, -0.05) is 0 Å². The lowest BCUT2D eigenvalue weighted by Gasteiger charge is -2.25. The summed E-state index contributed by atoms with van der Waals surface area (Å²) < 4.78 is 5.23. The zero-order valence-electron chi connectivity index (χ0n) is 9.12. The first kappa shape index (κ1) is 11.5. The largest absolute Gasteiger partial charge is 0.481 e. The Labute approximate surface area is 84.8 Å². The van der Waals surface area contributed by atoms with E-state index in [9.17, 15) is 4.79 Å². The Morgan fingerprint density at radius 2 is 2.29 bits per heavy atom. The molecular weight excluding hydrogens is 182 g/mol. The van der Waals surface area contributed by atoms with Crippen LogP contribution in [0.5, 0.6) is 0 Å². The van der Waals surface area contributed by atoms with Gasteiger partial charge in [-0.2, -0.15) is 0 Å². The standard InChI is InChI=1S/C10H19NO3/c1-10(2,9(12)13)7-11-5-4-8(6-11)14-3/h8H,4-7H2,1-3H3,(H,12,13). The number of carboxylic acids is 1. The Morgan fingerprint density at radius 3 is 2.71 bits per heavy atom. The molecule has 14 heavy (non-hydrogen) atoms. The summed E-state index contributed by atoms with van der Waals surface area (Å²) >= 11 is 0. The predicted octanol–water partition coefficient (Wildman–Crippen LogP) is 0.818. The molecule has 0 aliphatic carbocycles. The van der Waals surface area contributed by atoms with E-state index in [-0.39, 0.29) is 6.10 Å². The van der Waals surface area contributed by atoms with Crippen LogP contribution in [0.4, 0.5) is 0 Å². The summed E-state index contributed by atoms with van der Waals surface area (Å²) in [6.07, 6.45) is 1.28. The summed E-state index contributed by atoms with van der Waals surface area (Å²) in [5.74, 6) is -0.738. The summed E-state index contributed by atoms with van der Waals surface area (Å²) in [7, 11) is 1.70. The molecule has 1 heterocycles. The second-order valence-corrected chi connectivity index (χ2v) is 4.57. The molecule has 0 aromatic heterocycles. The van der Waals surface area contributed by atoms with Gasteiger partial charge in [0, 0.05) is 26.7 Å². The van der Waals surface area contributed by atoms with E-state index in [1.54, 1.807) is 21.0 Å². The summed E-state index contributed by atoms with van der Waals surface area (Å²) in [6, 6.07) is 0. The number of nitrogens with zero attached hydrogens (tertiary/aromatic N) is 1. The first-order valence-corrected chi connectivity index (χ1v) is 4.94. The van der Waals surface area contributed by atoms with Gasteiger partial charge in [-0.25, -0.2) is 0 Å². The van der Waals surface area contributed by atoms with Gasteiger partial charge in [-0.15, -0.1) is 0 Å². The zero-order valence-corrected chi connectivity index (χ0v) is 9.12. The average molecular weight is 201 g/mol. The van der Waals surface area contributed by atoms with E-state index in [0.717, 1.165) is 19.5 Å². The van der Waals surface area contributed by atoms with Crippen molar-refractivity contribution in [1.82, 2.24) is 4.90 Å². The summed E-state index contributed by atoms with van der Waals surface area (Å²) in [5.41, 5.74) is -0.664. The Kier molecular flexibility index (Phi) is 3.50. The maximum Gasteiger partial charge on any atom is 0.310 e. The molecular formula is C10H19NO3. The predicted molar refractivity (Wildman–Crippen MR) is 53.3 cm³/mol. The van der Waals surface area contributed by atoms with Crippen LogP contribution in [0.1, 0.15) is 20.3 Å². The molecule has 0 radical (unpaired) electrons. The molecule has 0 saturated carbocycles. The summed E-state index contributed by atoms with van der Waals surface area (Å²) in [5, 5.41) is 8.97. The highest BCUT2D eigenvalue weighted by Crippen LogP contribution is 2.21. The van der Waals surface area contributed by atoms with Gasteiger partial charge < -0.3 is 9.84 Å². The van der Waals surface area contributed by atoms with Crippen LogP contribution in [0, 0.1) is 5.41 Å². The van der Waals surface area contributed by atoms with Gasteiger partial charge in [0.05, 0.1) is 11.5 Å². The monoisotopic (exact) mass is 201 g/mol. The number of carbonyl (C=O) groups is 1. The number of rotatable bonds is 4. The fraction of sp³-hybridized carbons (Fsp3) is 0.900. The Hall–Kier alpha value is -0.610. The van der Waals surface area contributed by atoms with E-state index >= 15 is 0 Å². The van der Waals surface area contributed by atoms with Gasteiger partial charge in [0.15, 0.2) is 0 Å². The molecule has 1 rings (SSSR count). The number of likely N-dealkylation sites (tertiary alicyclic amines) is 1. The normalized spacial score (nSPS) is 24.1. The lowest BCUT2D eigenvalue weighted by atomic mass is 9.93. The van der Waals surface area contributed by atoms with Gasteiger partial charge >= 0.3 is 5.97 Å². The summed E-state index contributed by atoms with van der Waals surface area (Å²) in [4.78, 5) is 13.1. The van der Waals surface area contributed by atoms with Gasteiger partial charge in [-0.05, 0) is 20.3 Å². The molecule has 0 spiro atoms. The van der Waals surface area contributed by atoms with Crippen LogP contribution < -0.4 is 0 Å². The third kappa shape index (κ3) is 2.69. The van der Waals surface area contributed by atoms with Crippen LogP contribution in [0.15, 0.2) is 0 Å². The molecule has 0 aromatic carbocycles. The lowest BCUT2D eigenvalue weighted by Crippen LogP contribution is -2.38. The molecule has 4 nitrogen and oxygen atoms in total. The third-order valence-electron chi connectivity index (χ3n) is 2.76. The van der Waals surface area contributed by atoms with Crippen LogP contribution in [0.3, 0.4) is 0 Å². The minimum absolute atomic E-state index is 0.277. The van der Waals surface area contributed by atoms with Gasteiger partial charge in [0.2, 0.25) is 0 Å². The number of methoxy groups -OCH3 is 1. The lowest BCUT2D eigenvalue weighted by molar-refractivity contribution is -0.147. The van der Waals surface area contributed by atoms with Crippen LogP contribution in [-0.4, -0.2) is 48.8 Å². The number of carboxylic acid groups (broad SMARTS) is 1. The number of aliphatic carboxylic acids is 1. The number of hydrogen-bond acceptors (Lipinski definition) is 3. The van der Waals surface area contributed by atoms with E-state index in [1.165, 1.54) is 0 Å². The van der Waals surface area contributed by atoms with Crippen molar-refractivity contribution < 1.29 is 14.6 Å². The Bertz CT molecular complexity index is 215. The maximum atomic E-state index is 10.9. The summed E-state index contributed by atoms with van der Waals surface area (Å²) in [6.45, 7) is 5.91. The van der Waals surface area contributed by atoms with E-state index < -0.39 is 11.4 Å². The Morgan fingerprint density at radius 1 is 1.64 bits per heavy atom. The van der Waals surface area contributed by atoms with Crippen molar-refractivity contribution in [2.75, 3.05) is 26.7 Å². The first-order valence-electron chi connectivity index (χ1n) is 4.94. The van der Waals surface area contributed by atoms with Gasteiger partial charge in [0.25, 0.3) is 0 Å². The molecule has 1 aliphatic heterocycles. The molecule has 1 aliphatic rings. The highest BCUT2D eigenvalue weighted by atomic mass is 16.5. The second-order valence-electron chi connectivity index (χ2n) is 4.57.